The molecule has 11 heteroatoms. The molecule has 2 unspecified atom stereocenters. The molecule has 6 nitrogen and oxygen atoms in total. The van der Waals surface area contributed by atoms with Crippen LogP contribution < -0.4 is 0 Å². The van der Waals surface area contributed by atoms with Crippen LogP contribution in [0.1, 0.15) is 36.8 Å². The molecule has 1 aromatic rings. The van der Waals surface area contributed by atoms with Crippen molar-refractivity contribution >= 4 is 10.4 Å². The smallest absolute Gasteiger partial charge is 0.314 e. The van der Waals surface area contributed by atoms with Gasteiger partial charge >= 0.3 is 16.6 Å². The van der Waals surface area contributed by atoms with Gasteiger partial charge in [0, 0.05) is 32.0 Å². The van der Waals surface area contributed by atoms with Gasteiger partial charge in [0.15, 0.2) is 0 Å². The Morgan fingerprint density at radius 2 is 1.87 bits per heavy atom. The largest absolute Gasteiger partial charge is 0.393 e. The first-order valence-electron chi connectivity index (χ1n) is 7.34. The van der Waals surface area contributed by atoms with E-state index in [1.807, 2.05) is 0 Å². The predicted molar refractivity (Wildman–Crippen MR) is 71.5 cm³/mol. The second-order valence-electron chi connectivity index (χ2n) is 6.00. The molecule has 2 aliphatic rings. The monoisotopic (exact) mass is 356 g/mol. The Balaban J connectivity index is 1.84. The van der Waals surface area contributed by atoms with Crippen LogP contribution in [0.4, 0.5) is 17.1 Å². The van der Waals surface area contributed by atoms with Crippen molar-refractivity contribution < 1.29 is 25.5 Å². The van der Waals surface area contributed by atoms with Crippen molar-refractivity contribution in [2.45, 2.75) is 44.3 Å². The summed E-state index contributed by atoms with van der Waals surface area (Å²) in [6.07, 6.45) is -3.17. The lowest BCUT2D eigenvalue weighted by Gasteiger charge is -2.31. The van der Waals surface area contributed by atoms with E-state index in [1.54, 1.807) is 0 Å². The van der Waals surface area contributed by atoms with Gasteiger partial charge < -0.3 is 4.57 Å². The van der Waals surface area contributed by atoms with Crippen molar-refractivity contribution in [3.63, 3.8) is 0 Å². The molecule has 0 aliphatic carbocycles. The second kappa shape index (κ2) is 5.69. The van der Waals surface area contributed by atoms with Crippen molar-refractivity contribution in [3.05, 3.63) is 11.6 Å². The summed E-state index contributed by atoms with van der Waals surface area (Å²) in [4.78, 5) is 0. The summed E-state index contributed by atoms with van der Waals surface area (Å²) in [6, 6.07) is 0. The SMILES string of the molecule is O=S(=O)(F)N1CCCC(c2nnc3n2CC(C(F)(F)F)CC3)C1. The topological polar surface area (TPSA) is 68.1 Å². The summed E-state index contributed by atoms with van der Waals surface area (Å²) < 4.78 is 76.2. The first kappa shape index (κ1) is 16.6. The first-order chi connectivity index (χ1) is 10.7. The van der Waals surface area contributed by atoms with Crippen LogP contribution in [0.15, 0.2) is 0 Å². The normalized spacial score (nSPS) is 27.0. The molecule has 0 spiro atoms. The van der Waals surface area contributed by atoms with Crippen LogP contribution in [-0.4, -0.2) is 46.8 Å². The van der Waals surface area contributed by atoms with Crippen molar-refractivity contribution in [1.29, 1.82) is 0 Å². The summed E-state index contributed by atoms with van der Waals surface area (Å²) >= 11 is 0. The number of nitrogens with zero attached hydrogens (tertiary/aromatic N) is 4. The van der Waals surface area contributed by atoms with Gasteiger partial charge in [-0.2, -0.15) is 25.9 Å². The lowest BCUT2D eigenvalue weighted by molar-refractivity contribution is -0.182. The summed E-state index contributed by atoms with van der Waals surface area (Å²) in [5.41, 5.74) is 0. The molecule has 0 saturated carbocycles. The molecule has 23 heavy (non-hydrogen) atoms. The third-order valence-electron chi connectivity index (χ3n) is 4.50. The summed E-state index contributed by atoms with van der Waals surface area (Å²) in [7, 11) is -4.81. The van der Waals surface area contributed by atoms with E-state index in [9.17, 15) is 25.5 Å². The standard InChI is InChI=1S/C12H16F4N4O2S/c13-12(14,15)9-3-4-10-17-18-11(20(10)7-9)8-2-1-5-19(6-8)23(16,21)22/h8-9H,1-7H2. The quantitative estimate of drug-likeness (QED) is 0.599. The Morgan fingerprint density at radius 1 is 1.13 bits per heavy atom. The van der Waals surface area contributed by atoms with E-state index in [-0.39, 0.29) is 32.5 Å². The van der Waals surface area contributed by atoms with Gasteiger partial charge in [0.1, 0.15) is 11.6 Å². The Morgan fingerprint density at radius 3 is 2.52 bits per heavy atom. The number of hydrogen-bond acceptors (Lipinski definition) is 4. The Kier molecular flexibility index (Phi) is 4.11. The molecule has 1 saturated heterocycles. The van der Waals surface area contributed by atoms with Gasteiger partial charge in [-0.05, 0) is 19.3 Å². The second-order valence-corrected chi connectivity index (χ2v) is 7.34. The van der Waals surface area contributed by atoms with Gasteiger partial charge in [0.25, 0.3) is 0 Å². The van der Waals surface area contributed by atoms with Crippen LogP contribution in [0, 0.1) is 5.92 Å². The number of rotatable bonds is 2. The Bertz CT molecular complexity index is 688. The minimum Gasteiger partial charge on any atom is -0.314 e. The van der Waals surface area contributed by atoms with Crippen molar-refractivity contribution in [3.8, 4) is 0 Å². The highest BCUT2D eigenvalue weighted by Crippen LogP contribution is 2.36. The van der Waals surface area contributed by atoms with Crippen molar-refractivity contribution in [2.75, 3.05) is 13.1 Å². The van der Waals surface area contributed by atoms with Gasteiger partial charge in [-0.3, -0.25) is 0 Å². The zero-order valence-corrected chi connectivity index (χ0v) is 12.9. The molecule has 3 heterocycles. The van der Waals surface area contributed by atoms with Crippen LogP contribution in [0.25, 0.3) is 0 Å². The van der Waals surface area contributed by atoms with Gasteiger partial charge in [-0.15, -0.1) is 10.2 Å². The highest BCUT2D eigenvalue weighted by atomic mass is 32.3. The van der Waals surface area contributed by atoms with Crippen LogP contribution >= 0.6 is 0 Å². The number of aromatic nitrogens is 3. The number of piperidine rings is 1. The number of alkyl halides is 3. The lowest BCUT2D eigenvalue weighted by Crippen LogP contribution is -2.39. The van der Waals surface area contributed by atoms with Crippen LogP contribution in [0.2, 0.25) is 0 Å². The molecule has 0 bridgehead atoms. The highest BCUT2D eigenvalue weighted by molar-refractivity contribution is 7.83. The fraction of sp³-hybridized carbons (Fsp3) is 0.833. The molecule has 130 valence electrons. The zero-order valence-electron chi connectivity index (χ0n) is 12.1. The lowest BCUT2D eigenvalue weighted by atomic mass is 9.95. The van der Waals surface area contributed by atoms with Gasteiger partial charge in [0.2, 0.25) is 0 Å². The third-order valence-corrected chi connectivity index (χ3v) is 5.44. The number of hydrogen-bond donors (Lipinski definition) is 0. The van der Waals surface area contributed by atoms with E-state index >= 15 is 0 Å². The first-order valence-corrected chi connectivity index (χ1v) is 8.68. The maximum Gasteiger partial charge on any atom is 0.393 e. The molecule has 0 N–H and O–H groups in total. The minimum atomic E-state index is -4.81. The Labute approximate surface area is 130 Å². The Hall–Kier alpha value is -1.23. The molecule has 1 fully saturated rings. The molecule has 0 amide bonds. The average Bonchev–Trinajstić information content (AvgIpc) is 2.88. The summed E-state index contributed by atoms with van der Waals surface area (Å²) in [5, 5.41) is 7.88. The predicted octanol–water partition coefficient (Wildman–Crippen LogP) is 1.80. The van der Waals surface area contributed by atoms with Crippen LogP contribution in [0.3, 0.4) is 0 Å². The number of fused-ring (bicyclic) bond motifs is 1. The maximum atomic E-state index is 13.2. The van der Waals surface area contributed by atoms with Gasteiger partial charge in [-0.1, -0.05) is 3.89 Å². The van der Waals surface area contributed by atoms with Crippen LogP contribution in [-0.2, 0) is 23.4 Å². The highest BCUT2D eigenvalue weighted by Gasteiger charge is 2.43. The van der Waals surface area contributed by atoms with E-state index in [4.69, 9.17) is 0 Å². The van der Waals surface area contributed by atoms with E-state index in [1.165, 1.54) is 4.57 Å². The van der Waals surface area contributed by atoms with E-state index in [2.05, 4.69) is 10.2 Å². The fourth-order valence-electron chi connectivity index (χ4n) is 3.27. The molecular formula is C12H16F4N4O2S. The molecule has 3 rings (SSSR count). The minimum absolute atomic E-state index is 0.0305. The molecule has 0 radical (unpaired) electrons. The third kappa shape index (κ3) is 3.35. The summed E-state index contributed by atoms with van der Waals surface area (Å²) in [6.45, 7) is -0.310. The summed E-state index contributed by atoms with van der Waals surface area (Å²) in [5.74, 6) is -1.11. The van der Waals surface area contributed by atoms with E-state index in [0.717, 1.165) is 0 Å². The molecule has 2 aliphatic heterocycles. The van der Waals surface area contributed by atoms with Crippen LogP contribution in [0.5, 0.6) is 0 Å². The molecule has 0 aromatic carbocycles. The fourth-order valence-corrected chi connectivity index (χ4v) is 3.97. The maximum absolute atomic E-state index is 13.2. The molecule has 1 aromatic heterocycles. The molecular weight excluding hydrogens is 340 g/mol. The van der Waals surface area contributed by atoms with E-state index in [0.29, 0.717) is 28.8 Å². The average molecular weight is 356 g/mol. The molecule has 2 atom stereocenters. The van der Waals surface area contributed by atoms with E-state index < -0.39 is 28.4 Å². The number of aryl methyl sites for hydroxylation is 1. The van der Waals surface area contributed by atoms with Gasteiger partial charge in [0.05, 0.1) is 5.92 Å². The van der Waals surface area contributed by atoms with Crippen molar-refractivity contribution in [2.24, 2.45) is 5.92 Å². The zero-order chi connectivity index (χ0) is 16.8. The number of halogens is 4. The van der Waals surface area contributed by atoms with Crippen molar-refractivity contribution in [1.82, 2.24) is 19.1 Å². The van der Waals surface area contributed by atoms with Gasteiger partial charge in [-0.25, -0.2) is 0 Å².